The van der Waals surface area contributed by atoms with Crippen LogP contribution in [0.2, 0.25) is 0 Å². The van der Waals surface area contributed by atoms with Gasteiger partial charge in [0.1, 0.15) is 13.2 Å². The van der Waals surface area contributed by atoms with Crippen LogP contribution in [0.4, 0.5) is 0 Å². The Morgan fingerprint density at radius 3 is 1.34 bits per heavy atom. The topological polar surface area (TPSA) is 111 Å². The van der Waals surface area contributed by atoms with Gasteiger partial charge in [-0.05, 0) is 70.6 Å². The SMILES string of the molecule is CCCCC/C=C\C/C=C\CCCCCCCCCCCC(=O)OC(COC(=O)CCCCCCCCC/C=C\CCCCCCCC)COC(OCC[N+](C)(C)C)C(=O)[O-]. The van der Waals surface area contributed by atoms with Crippen LogP contribution >= 0.6 is 0 Å². The molecule has 61 heavy (non-hydrogen) atoms. The first kappa shape index (κ1) is 58.5. The molecular formula is C52H95NO8. The van der Waals surface area contributed by atoms with E-state index in [4.69, 9.17) is 18.9 Å². The number of aliphatic carboxylic acids is 1. The van der Waals surface area contributed by atoms with E-state index in [1.165, 1.54) is 128 Å². The summed E-state index contributed by atoms with van der Waals surface area (Å²) in [4.78, 5) is 37.1. The van der Waals surface area contributed by atoms with Crippen LogP contribution in [0, 0.1) is 0 Å². The standard InChI is InChI=1S/C52H95NO8/c1-6-8-10-12-14-16-18-20-22-24-25-27-29-31-33-35-37-39-41-43-50(55)61-48(47-60-52(51(56)57)58-45-44-53(3,4)5)46-59-49(54)42-40-38-36-34-32-30-28-26-23-21-19-17-15-13-11-9-7-2/h14,16,20-23,48,52H,6-13,15,17-19,24-47H2,1-5H3/b16-14-,22-20-,23-21-. The monoisotopic (exact) mass is 862 g/mol. The van der Waals surface area contributed by atoms with E-state index in [1.807, 2.05) is 21.1 Å². The van der Waals surface area contributed by atoms with Gasteiger partial charge < -0.3 is 33.3 Å². The van der Waals surface area contributed by atoms with Crippen molar-refractivity contribution in [3.05, 3.63) is 36.5 Å². The maximum absolute atomic E-state index is 12.8. The molecule has 0 radical (unpaired) electrons. The van der Waals surface area contributed by atoms with Crippen LogP contribution in [0.15, 0.2) is 36.5 Å². The minimum absolute atomic E-state index is 0.146. The summed E-state index contributed by atoms with van der Waals surface area (Å²) in [6.07, 6.45) is 47.4. The average molecular weight is 862 g/mol. The Morgan fingerprint density at radius 2 is 0.885 bits per heavy atom. The van der Waals surface area contributed by atoms with Crippen LogP contribution in [-0.4, -0.2) is 82.3 Å². The van der Waals surface area contributed by atoms with E-state index >= 15 is 0 Å². The summed E-state index contributed by atoms with van der Waals surface area (Å²) in [6.45, 7) is 4.72. The van der Waals surface area contributed by atoms with Crippen LogP contribution in [0.3, 0.4) is 0 Å². The molecule has 2 unspecified atom stereocenters. The lowest BCUT2D eigenvalue weighted by molar-refractivity contribution is -0.870. The lowest BCUT2D eigenvalue weighted by Gasteiger charge is -2.26. The number of ether oxygens (including phenoxy) is 4. The first-order valence-electron chi connectivity index (χ1n) is 25.1. The predicted octanol–water partition coefficient (Wildman–Crippen LogP) is 12.4. The third-order valence-corrected chi connectivity index (χ3v) is 10.9. The minimum atomic E-state index is -1.62. The average Bonchev–Trinajstić information content (AvgIpc) is 3.22. The third-order valence-electron chi connectivity index (χ3n) is 10.9. The van der Waals surface area contributed by atoms with Crippen molar-refractivity contribution in [3.8, 4) is 0 Å². The van der Waals surface area contributed by atoms with Gasteiger partial charge in [0.25, 0.3) is 0 Å². The molecule has 0 N–H and O–H groups in total. The first-order chi connectivity index (χ1) is 29.6. The Hall–Kier alpha value is -2.49. The van der Waals surface area contributed by atoms with Crippen LogP contribution in [0.25, 0.3) is 0 Å². The van der Waals surface area contributed by atoms with E-state index in [1.54, 1.807) is 0 Å². The fourth-order valence-corrected chi connectivity index (χ4v) is 6.91. The zero-order valence-corrected chi connectivity index (χ0v) is 40.3. The van der Waals surface area contributed by atoms with Crippen molar-refractivity contribution in [1.29, 1.82) is 0 Å². The van der Waals surface area contributed by atoms with Crippen molar-refractivity contribution < 1.29 is 42.9 Å². The molecule has 9 nitrogen and oxygen atoms in total. The van der Waals surface area contributed by atoms with Gasteiger partial charge in [-0.3, -0.25) is 9.59 Å². The van der Waals surface area contributed by atoms with E-state index in [2.05, 4.69) is 50.3 Å². The van der Waals surface area contributed by atoms with Gasteiger partial charge in [0.05, 0.1) is 40.3 Å². The van der Waals surface area contributed by atoms with Crippen molar-refractivity contribution >= 4 is 17.9 Å². The molecule has 0 saturated heterocycles. The number of unbranched alkanes of at least 4 members (excludes halogenated alkanes) is 25. The van der Waals surface area contributed by atoms with E-state index in [9.17, 15) is 19.5 Å². The molecule has 0 amide bonds. The number of likely N-dealkylation sites (N-methyl/N-ethyl adjacent to an activating group) is 1. The van der Waals surface area contributed by atoms with Gasteiger partial charge in [-0.1, -0.05) is 172 Å². The molecule has 2 atom stereocenters. The summed E-state index contributed by atoms with van der Waals surface area (Å²) < 4.78 is 22.6. The highest BCUT2D eigenvalue weighted by Crippen LogP contribution is 2.15. The number of esters is 2. The van der Waals surface area contributed by atoms with Crippen molar-refractivity contribution in [1.82, 2.24) is 0 Å². The second-order valence-electron chi connectivity index (χ2n) is 18.1. The zero-order chi connectivity index (χ0) is 44.9. The lowest BCUT2D eigenvalue weighted by Crippen LogP contribution is -2.44. The fourth-order valence-electron chi connectivity index (χ4n) is 6.91. The number of hydrogen-bond donors (Lipinski definition) is 0. The summed E-state index contributed by atoms with van der Waals surface area (Å²) in [5.74, 6) is -2.29. The summed E-state index contributed by atoms with van der Waals surface area (Å²) in [7, 11) is 5.91. The summed E-state index contributed by atoms with van der Waals surface area (Å²) in [6, 6.07) is 0. The van der Waals surface area contributed by atoms with Gasteiger partial charge in [-0.25, -0.2) is 0 Å². The summed E-state index contributed by atoms with van der Waals surface area (Å²) in [5, 5.41) is 11.7. The van der Waals surface area contributed by atoms with Gasteiger partial charge in [0.2, 0.25) is 0 Å². The number of allylic oxidation sites excluding steroid dienone is 6. The second-order valence-corrected chi connectivity index (χ2v) is 18.1. The van der Waals surface area contributed by atoms with Crippen molar-refractivity contribution in [2.24, 2.45) is 0 Å². The van der Waals surface area contributed by atoms with Crippen LogP contribution in [0.5, 0.6) is 0 Å². The molecule has 356 valence electrons. The molecule has 0 aromatic rings. The number of carbonyl (C=O) groups excluding carboxylic acids is 3. The highest BCUT2D eigenvalue weighted by atomic mass is 16.7. The van der Waals surface area contributed by atoms with E-state index in [0.717, 1.165) is 57.8 Å². The summed E-state index contributed by atoms with van der Waals surface area (Å²) in [5.41, 5.74) is 0. The normalized spacial score (nSPS) is 13.1. The Balaban J connectivity index is 4.37. The molecule has 0 aromatic heterocycles. The molecule has 0 spiro atoms. The molecule has 0 bridgehead atoms. The van der Waals surface area contributed by atoms with Gasteiger partial charge >= 0.3 is 11.9 Å². The molecule has 9 heteroatoms. The molecule has 0 rings (SSSR count). The zero-order valence-electron chi connectivity index (χ0n) is 40.3. The highest BCUT2D eigenvalue weighted by Gasteiger charge is 2.21. The van der Waals surface area contributed by atoms with E-state index < -0.39 is 24.3 Å². The lowest BCUT2D eigenvalue weighted by atomic mass is 10.1. The number of hydrogen-bond acceptors (Lipinski definition) is 8. The van der Waals surface area contributed by atoms with Gasteiger partial charge in [0, 0.05) is 12.8 Å². The molecule has 0 aromatic carbocycles. The Morgan fingerprint density at radius 1 is 0.492 bits per heavy atom. The first-order valence-corrected chi connectivity index (χ1v) is 25.1. The number of carbonyl (C=O) groups is 3. The smallest absolute Gasteiger partial charge is 0.306 e. The molecule has 0 heterocycles. The van der Waals surface area contributed by atoms with Crippen LogP contribution < -0.4 is 5.11 Å². The van der Waals surface area contributed by atoms with Gasteiger partial charge in [0.15, 0.2) is 12.4 Å². The fraction of sp³-hybridized carbons (Fsp3) is 0.827. The largest absolute Gasteiger partial charge is 0.545 e. The second kappa shape index (κ2) is 44.1. The molecule has 0 saturated carbocycles. The molecular weight excluding hydrogens is 767 g/mol. The Kier molecular flexibility index (Phi) is 42.3. The minimum Gasteiger partial charge on any atom is -0.545 e. The number of quaternary nitrogens is 1. The number of rotatable bonds is 46. The van der Waals surface area contributed by atoms with Crippen LogP contribution in [0.1, 0.15) is 219 Å². The molecule has 0 fully saturated rings. The molecule has 0 aliphatic heterocycles. The third kappa shape index (κ3) is 45.4. The predicted molar refractivity (Wildman–Crippen MR) is 251 cm³/mol. The summed E-state index contributed by atoms with van der Waals surface area (Å²) >= 11 is 0. The van der Waals surface area contributed by atoms with E-state index in [-0.39, 0.29) is 38.6 Å². The number of nitrogens with zero attached hydrogens (tertiary/aromatic N) is 1. The van der Waals surface area contributed by atoms with Crippen molar-refractivity contribution in [2.45, 2.75) is 232 Å². The molecule has 0 aliphatic rings. The van der Waals surface area contributed by atoms with Gasteiger partial charge in [-0.15, -0.1) is 0 Å². The van der Waals surface area contributed by atoms with Crippen molar-refractivity contribution in [3.63, 3.8) is 0 Å². The Bertz CT molecular complexity index is 1100. The maximum atomic E-state index is 12.8. The number of carboxylic acids is 1. The quantitative estimate of drug-likeness (QED) is 0.0196. The van der Waals surface area contributed by atoms with Crippen LogP contribution in [-0.2, 0) is 33.3 Å². The van der Waals surface area contributed by atoms with Crippen molar-refractivity contribution in [2.75, 3.05) is 47.5 Å². The molecule has 0 aliphatic carbocycles. The number of carboxylic acid groups (broad SMARTS) is 1. The highest BCUT2D eigenvalue weighted by molar-refractivity contribution is 5.70. The van der Waals surface area contributed by atoms with E-state index in [0.29, 0.717) is 17.4 Å². The Labute approximate surface area is 375 Å². The maximum Gasteiger partial charge on any atom is 0.306 e. The van der Waals surface area contributed by atoms with Gasteiger partial charge in [-0.2, -0.15) is 0 Å².